The largest absolute Gasteiger partial charge is 0.333 e. The first kappa shape index (κ1) is 18.4. The maximum atomic E-state index is 14.0. The first-order chi connectivity index (χ1) is 11.1. The zero-order valence-electron chi connectivity index (χ0n) is 13.4. The van der Waals surface area contributed by atoms with Crippen LogP contribution in [-0.2, 0) is 17.1 Å². The number of nitrogens with one attached hydrogen (secondary N) is 1. The summed E-state index contributed by atoms with van der Waals surface area (Å²) >= 11 is 6.00. The van der Waals surface area contributed by atoms with Gasteiger partial charge in [0.25, 0.3) is 5.91 Å². The van der Waals surface area contributed by atoms with Crippen LogP contribution in [0.15, 0.2) is 24.4 Å². The van der Waals surface area contributed by atoms with Gasteiger partial charge in [0.2, 0.25) is 10.0 Å². The van der Waals surface area contributed by atoms with E-state index in [0.29, 0.717) is 0 Å². The van der Waals surface area contributed by atoms with Crippen molar-refractivity contribution in [2.24, 2.45) is 13.0 Å². The van der Waals surface area contributed by atoms with Crippen LogP contribution in [0, 0.1) is 11.7 Å². The van der Waals surface area contributed by atoms with E-state index in [0.717, 1.165) is 0 Å². The molecule has 24 heavy (non-hydrogen) atoms. The molecule has 0 spiro atoms. The first-order valence-electron chi connectivity index (χ1n) is 7.13. The Hall–Kier alpha value is -1.93. The first-order valence-corrected chi connectivity index (χ1v) is 9.16. The maximum absolute atomic E-state index is 14.0. The summed E-state index contributed by atoms with van der Waals surface area (Å²) in [5.74, 6) is -1.64. The molecule has 0 saturated heterocycles. The molecule has 1 heterocycles. The lowest BCUT2D eigenvalue weighted by atomic mass is 10.2. The molecule has 0 saturated carbocycles. The summed E-state index contributed by atoms with van der Waals surface area (Å²) in [5, 5.41) is 0.142. The normalized spacial score (nSPS) is 11.8. The van der Waals surface area contributed by atoms with Gasteiger partial charge in [-0.2, -0.15) is 0 Å². The van der Waals surface area contributed by atoms with Gasteiger partial charge in [-0.05, 0) is 18.1 Å². The highest BCUT2D eigenvalue weighted by molar-refractivity contribution is 7.90. The Labute approximate surface area is 144 Å². The molecule has 2 rings (SSSR count). The van der Waals surface area contributed by atoms with Crippen LogP contribution in [0.25, 0.3) is 11.4 Å². The van der Waals surface area contributed by atoms with Gasteiger partial charge in [-0.1, -0.05) is 31.5 Å². The van der Waals surface area contributed by atoms with E-state index < -0.39 is 21.7 Å². The number of benzene rings is 1. The number of amides is 1. The highest BCUT2D eigenvalue weighted by Crippen LogP contribution is 2.29. The second-order valence-corrected chi connectivity index (χ2v) is 7.94. The van der Waals surface area contributed by atoms with Gasteiger partial charge in [0.05, 0.1) is 16.3 Å². The number of sulfonamides is 1. The van der Waals surface area contributed by atoms with Gasteiger partial charge in [-0.15, -0.1) is 0 Å². The van der Waals surface area contributed by atoms with E-state index >= 15 is 0 Å². The van der Waals surface area contributed by atoms with Crippen LogP contribution in [-0.4, -0.2) is 29.6 Å². The fraction of sp³-hybridized carbons (Fsp3) is 0.333. The summed E-state index contributed by atoms with van der Waals surface area (Å²) in [4.78, 5) is 16.1. The molecule has 2 aromatic rings. The molecule has 1 amide bonds. The van der Waals surface area contributed by atoms with E-state index in [1.807, 2.05) is 4.72 Å². The number of carbonyl (C=O) groups excluding carboxylic acids is 1. The fourth-order valence-electron chi connectivity index (χ4n) is 2.19. The monoisotopic (exact) mass is 373 g/mol. The molecular weight excluding hydrogens is 357 g/mol. The Morgan fingerprint density at radius 1 is 1.42 bits per heavy atom. The van der Waals surface area contributed by atoms with Crippen LogP contribution in [0.5, 0.6) is 0 Å². The van der Waals surface area contributed by atoms with E-state index in [4.69, 9.17) is 11.6 Å². The van der Waals surface area contributed by atoms with Crippen LogP contribution in [0.3, 0.4) is 0 Å². The third kappa shape index (κ3) is 4.12. The Morgan fingerprint density at radius 3 is 2.67 bits per heavy atom. The molecule has 1 aromatic heterocycles. The van der Waals surface area contributed by atoms with E-state index in [1.54, 1.807) is 20.9 Å². The van der Waals surface area contributed by atoms with Crippen molar-refractivity contribution in [2.75, 3.05) is 5.75 Å². The molecule has 0 aliphatic carbocycles. The molecule has 6 nitrogen and oxygen atoms in total. The van der Waals surface area contributed by atoms with E-state index in [2.05, 4.69) is 4.98 Å². The lowest BCUT2D eigenvalue weighted by molar-refractivity contribution is 0.0977. The average molecular weight is 374 g/mol. The summed E-state index contributed by atoms with van der Waals surface area (Å²) in [7, 11) is -2.20. The lowest BCUT2D eigenvalue weighted by Gasteiger charge is -2.07. The van der Waals surface area contributed by atoms with Gasteiger partial charge < -0.3 is 4.57 Å². The summed E-state index contributed by atoms with van der Waals surface area (Å²) in [6.07, 6.45) is 1.32. The molecule has 0 aliphatic rings. The SMILES string of the molecule is CC(C)CS(=O)(=O)NC(=O)c1cn(C)c(-c2c(F)cccc2Cl)n1. The second-order valence-electron chi connectivity index (χ2n) is 5.76. The van der Waals surface area contributed by atoms with Gasteiger partial charge >= 0.3 is 0 Å². The molecule has 1 aromatic carbocycles. The van der Waals surface area contributed by atoms with Crippen LogP contribution in [0.1, 0.15) is 24.3 Å². The van der Waals surface area contributed by atoms with Crippen molar-refractivity contribution in [2.45, 2.75) is 13.8 Å². The number of aryl methyl sites for hydroxylation is 1. The van der Waals surface area contributed by atoms with Crippen molar-refractivity contribution in [3.8, 4) is 11.4 Å². The zero-order chi connectivity index (χ0) is 18.1. The van der Waals surface area contributed by atoms with Crippen LogP contribution < -0.4 is 4.72 Å². The number of carbonyl (C=O) groups is 1. The third-order valence-corrected chi connectivity index (χ3v) is 5.01. The predicted molar refractivity (Wildman–Crippen MR) is 89.7 cm³/mol. The minimum absolute atomic E-state index is 0.0470. The number of hydrogen-bond donors (Lipinski definition) is 1. The number of halogens is 2. The smallest absolute Gasteiger partial charge is 0.284 e. The summed E-state index contributed by atoms with van der Waals surface area (Å²) in [5.41, 5.74) is -0.0927. The molecule has 1 N–H and O–H groups in total. The topological polar surface area (TPSA) is 81.1 Å². The van der Waals surface area contributed by atoms with Crippen molar-refractivity contribution < 1.29 is 17.6 Å². The molecule has 0 radical (unpaired) electrons. The summed E-state index contributed by atoms with van der Waals surface area (Å²) in [6, 6.07) is 4.18. The molecule has 0 atom stereocenters. The lowest BCUT2D eigenvalue weighted by Crippen LogP contribution is -2.34. The molecular formula is C15H17ClFN3O3S. The Morgan fingerprint density at radius 2 is 2.08 bits per heavy atom. The van der Waals surface area contributed by atoms with Gasteiger partial charge in [-0.3, -0.25) is 4.79 Å². The number of aromatic nitrogens is 2. The molecule has 0 aliphatic heterocycles. The molecule has 9 heteroatoms. The van der Waals surface area contributed by atoms with E-state index in [-0.39, 0.29) is 33.8 Å². The summed E-state index contributed by atoms with van der Waals surface area (Å²) in [6.45, 7) is 3.45. The Kier molecular flexibility index (Phi) is 5.29. The number of imidazole rings is 1. The van der Waals surface area contributed by atoms with Crippen molar-refractivity contribution in [1.82, 2.24) is 14.3 Å². The van der Waals surface area contributed by atoms with Gasteiger partial charge in [0.15, 0.2) is 0 Å². The van der Waals surface area contributed by atoms with E-state index in [9.17, 15) is 17.6 Å². The van der Waals surface area contributed by atoms with Crippen LogP contribution >= 0.6 is 11.6 Å². The highest BCUT2D eigenvalue weighted by atomic mass is 35.5. The van der Waals surface area contributed by atoms with Crippen molar-refractivity contribution in [3.05, 3.63) is 40.9 Å². The summed E-state index contributed by atoms with van der Waals surface area (Å²) < 4.78 is 41.1. The number of hydrogen-bond acceptors (Lipinski definition) is 4. The molecule has 0 fully saturated rings. The zero-order valence-corrected chi connectivity index (χ0v) is 14.9. The molecule has 0 bridgehead atoms. The molecule has 0 unspecified atom stereocenters. The fourth-order valence-corrected chi connectivity index (χ4v) is 3.79. The van der Waals surface area contributed by atoms with E-state index in [1.165, 1.54) is 29.0 Å². The quantitative estimate of drug-likeness (QED) is 0.873. The predicted octanol–water partition coefficient (Wildman–Crippen LogP) is 2.60. The number of rotatable bonds is 5. The van der Waals surface area contributed by atoms with Crippen molar-refractivity contribution in [3.63, 3.8) is 0 Å². The van der Waals surface area contributed by atoms with Gasteiger partial charge in [-0.25, -0.2) is 22.5 Å². The standard InChI is InChI=1S/C15H17ClFN3O3S/c1-9(2)8-24(22,23)19-15(21)12-7-20(3)14(18-12)13-10(16)5-4-6-11(13)17/h4-7,9H,8H2,1-3H3,(H,19,21). The van der Waals surface area contributed by atoms with Crippen LogP contribution in [0.4, 0.5) is 4.39 Å². The third-order valence-electron chi connectivity index (χ3n) is 3.10. The average Bonchev–Trinajstić information content (AvgIpc) is 2.79. The Balaban J connectivity index is 2.34. The highest BCUT2D eigenvalue weighted by Gasteiger charge is 2.22. The Bertz CT molecular complexity index is 858. The minimum Gasteiger partial charge on any atom is -0.333 e. The molecule has 130 valence electrons. The van der Waals surface area contributed by atoms with Crippen LogP contribution in [0.2, 0.25) is 5.02 Å². The number of nitrogens with zero attached hydrogens (tertiary/aromatic N) is 2. The van der Waals surface area contributed by atoms with Gasteiger partial charge in [0, 0.05) is 13.2 Å². The second kappa shape index (κ2) is 6.90. The van der Waals surface area contributed by atoms with Gasteiger partial charge in [0.1, 0.15) is 17.3 Å². The van der Waals surface area contributed by atoms with Crippen molar-refractivity contribution >= 4 is 27.5 Å². The van der Waals surface area contributed by atoms with Crippen molar-refractivity contribution in [1.29, 1.82) is 0 Å². The maximum Gasteiger partial charge on any atom is 0.284 e. The minimum atomic E-state index is -3.76.